The summed E-state index contributed by atoms with van der Waals surface area (Å²) in [5.74, 6) is 0.730. The fourth-order valence-corrected chi connectivity index (χ4v) is 2.39. The maximum Gasteiger partial charge on any atom is 0.163 e. The van der Waals surface area contributed by atoms with Crippen molar-refractivity contribution < 1.29 is 0 Å². The maximum atomic E-state index is 4.26. The van der Waals surface area contributed by atoms with Crippen molar-refractivity contribution in [3.8, 4) is 0 Å². The summed E-state index contributed by atoms with van der Waals surface area (Å²) >= 11 is 1.61. The lowest BCUT2D eigenvalue weighted by Crippen LogP contribution is -2.25. The van der Waals surface area contributed by atoms with E-state index in [1.165, 1.54) is 6.34 Å². The van der Waals surface area contributed by atoms with Crippen LogP contribution in [0.1, 0.15) is 0 Å². The van der Waals surface area contributed by atoms with E-state index in [-0.39, 0.29) is 6.04 Å². The van der Waals surface area contributed by atoms with E-state index in [2.05, 4.69) is 32.1 Å². The zero-order valence-corrected chi connectivity index (χ0v) is 9.13. The number of aliphatic imine (C=N–C) groups is 4. The minimum absolute atomic E-state index is 0.102. The number of thioether (sulfide) groups is 1. The van der Waals surface area contributed by atoms with Crippen molar-refractivity contribution in [2.24, 2.45) is 20.0 Å². The second kappa shape index (κ2) is 4.02. The Morgan fingerprint density at radius 3 is 2.75 bits per heavy atom. The number of rotatable bonds is 1. The lowest BCUT2D eigenvalue weighted by molar-refractivity contribution is 1.16. The molecule has 0 aromatic heterocycles. The molecule has 0 aliphatic carbocycles. The fourth-order valence-electron chi connectivity index (χ4n) is 1.48. The van der Waals surface area contributed by atoms with Crippen molar-refractivity contribution in [2.75, 3.05) is 0 Å². The van der Waals surface area contributed by atoms with Crippen LogP contribution in [-0.4, -0.2) is 29.6 Å². The van der Waals surface area contributed by atoms with Crippen LogP contribution < -0.4 is 0 Å². The van der Waals surface area contributed by atoms with Crippen molar-refractivity contribution in [3.05, 3.63) is 30.3 Å². The summed E-state index contributed by atoms with van der Waals surface area (Å²) in [6.07, 6.45) is 3.08. The molecule has 2 heterocycles. The van der Waals surface area contributed by atoms with E-state index in [0.29, 0.717) is 0 Å². The van der Waals surface area contributed by atoms with Crippen LogP contribution in [0.5, 0.6) is 0 Å². The number of hydrogen-bond donors (Lipinski definition) is 0. The van der Waals surface area contributed by atoms with Crippen LogP contribution >= 0.6 is 11.8 Å². The van der Waals surface area contributed by atoms with Crippen LogP contribution in [-0.2, 0) is 0 Å². The van der Waals surface area contributed by atoms with Gasteiger partial charge in [0.15, 0.2) is 11.9 Å². The number of nitrogens with zero attached hydrogens (tertiary/aromatic N) is 4. The van der Waals surface area contributed by atoms with Gasteiger partial charge >= 0.3 is 0 Å². The van der Waals surface area contributed by atoms with Gasteiger partial charge in [-0.05, 0) is 12.1 Å². The molecule has 16 heavy (non-hydrogen) atoms. The molecule has 0 saturated carbocycles. The summed E-state index contributed by atoms with van der Waals surface area (Å²) in [7, 11) is 0. The molecule has 5 heteroatoms. The van der Waals surface area contributed by atoms with E-state index in [1.54, 1.807) is 18.1 Å². The third-order valence-corrected chi connectivity index (χ3v) is 3.27. The molecule has 4 nitrogen and oxygen atoms in total. The highest BCUT2D eigenvalue weighted by Gasteiger charge is 2.26. The molecular formula is C11H8N4S. The van der Waals surface area contributed by atoms with E-state index in [9.17, 15) is 0 Å². The lowest BCUT2D eigenvalue weighted by Gasteiger charge is -2.13. The van der Waals surface area contributed by atoms with Gasteiger partial charge in [0.2, 0.25) is 0 Å². The second-order valence-corrected chi connectivity index (χ2v) is 4.38. The number of hydrogen-bond acceptors (Lipinski definition) is 5. The first-order valence-corrected chi connectivity index (χ1v) is 5.67. The van der Waals surface area contributed by atoms with Crippen molar-refractivity contribution >= 4 is 35.3 Å². The Hall–Kier alpha value is -1.75. The Bertz CT molecular complexity index is 516. The Morgan fingerprint density at radius 2 is 1.88 bits per heavy atom. The van der Waals surface area contributed by atoms with Crippen LogP contribution in [0.3, 0.4) is 0 Å². The molecule has 0 saturated heterocycles. The van der Waals surface area contributed by atoms with Crippen LogP contribution in [0.15, 0.2) is 55.2 Å². The van der Waals surface area contributed by atoms with Gasteiger partial charge in [0.1, 0.15) is 17.7 Å². The van der Waals surface area contributed by atoms with Gasteiger partial charge in [0.05, 0.1) is 0 Å². The van der Waals surface area contributed by atoms with E-state index >= 15 is 0 Å². The predicted molar refractivity (Wildman–Crippen MR) is 67.9 cm³/mol. The lowest BCUT2D eigenvalue weighted by atomic mass is 10.3. The molecule has 1 unspecified atom stereocenters. The fraction of sp³-hybridized carbons (Fsp3) is 0.0909. The monoisotopic (exact) mass is 228 g/mol. The Morgan fingerprint density at radius 1 is 1.00 bits per heavy atom. The number of fused-ring (bicyclic) bond motifs is 1. The first-order chi connectivity index (χ1) is 7.93. The third-order valence-electron chi connectivity index (χ3n) is 2.22. The van der Waals surface area contributed by atoms with Crippen molar-refractivity contribution in [3.63, 3.8) is 0 Å². The molecule has 2 aliphatic rings. The highest BCUT2D eigenvalue weighted by atomic mass is 32.2. The molecule has 0 bridgehead atoms. The van der Waals surface area contributed by atoms with Crippen molar-refractivity contribution in [1.82, 2.24) is 0 Å². The molecule has 0 fully saturated rings. The average molecular weight is 228 g/mol. The van der Waals surface area contributed by atoms with Gasteiger partial charge in [-0.2, -0.15) is 0 Å². The first-order valence-electron chi connectivity index (χ1n) is 4.86. The first kappa shape index (κ1) is 9.47. The Balaban J connectivity index is 1.86. The molecule has 0 spiro atoms. The molecule has 1 atom stereocenters. The predicted octanol–water partition coefficient (Wildman–Crippen LogP) is 2.03. The van der Waals surface area contributed by atoms with Gasteiger partial charge in [-0.1, -0.05) is 30.0 Å². The van der Waals surface area contributed by atoms with E-state index in [4.69, 9.17) is 0 Å². The van der Waals surface area contributed by atoms with Crippen molar-refractivity contribution in [1.29, 1.82) is 0 Å². The molecule has 2 aliphatic heterocycles. The zero-order valence-electron chi connectivity index (χ0n) is 8.32. The van der Waals surface area contributed by atoms with E-state index in [1.807, 2.05) is 18.2 Å². The second-order valence-electron chi connectivity index (χ2n) is 3.28. The van der Waals surface area contributed by atoms with Gasteiger partial charge in [-0.15, -0.1) is 0 Å². The minimum Gasteiger partial charge on any atom is -0.255 e. The van der Waals surface area contributed by atoms with Gasteiger partial charge in [0, 0.05) is 4.90 Å². The maximum absolute atomic E-state index is 4.26. The molecule has 3 rings (SSSR count). The summed E-state index contributed by atoms with van der Waals surface area (Å²) in [4.78, 5) is 17.8. The van der Waals surface area contributed by atoms with Gasteiger partial charge in [-0.3, -0.25) is 4.99 Å². The normalized spacial score (nSPS) is 21.6. The summed E-state index contributed by atoms with van der Waals surface area (Å²) in [6, 6.07) is 10.0. The third kappa shape index (κ3) is 1.69. The smallest absolute Gasteiger partial charge is 0.163 e. The summed E-state index contributed by atoms with van der Waals surface area (Å²) in [6.45, 7) is 0. The minimum atomic E-state index is -0.102. The standard InChI is InChI=1S/C11H8N4S/c1-2-4-8(5-3-1)16-11-9-10(13-6-12-9)14-7-15-11/h1-7,9H. The summed E-state index contributed by atoms with van der Waals surface area (Å²) in [5.41, 5.74) is 0. The van der Waals surface area contributed by atoms with Gasteiger partial charge in [0.25, 0.3) is 0 Å². The van der Waals surface area contributed by atoms with E-state index in [0.717, 1.165) is 15.8 Å². The molecular weight excluding hydrogens is 220 g/mol. The van der Waals surface area contributed by atoms with Gasteiger partial charge < -0.3 is 0 Å². The summed E-state index contributed by atoms with van der Waals surface area (Å²) < 4.78 is 0. The SMILES string of the molecule is C1=NC2=NC=NC2C(Sc2ccccc2)=N1. The molecule has 0 radical (unpaired) electrons. The Labute approximate surface area is 96.9 Å². The zero-order chi connectivity index (χ0) is 10.8. The molecule has 1 aromatic carbocycles. The average Bonchev–Trinajstić information content (AvgIpc) is 2.80. The van der Waals surface area contributed by atoms with Crippen LogP contribution in [0.2, 0.25) is 0 Å². The topological polar surface area (TPSA) is 49.4 Å². The highest BCUT2D eigenvalue weighted by molar-refractivity contribution is 8.14. The van der Waals surface area contributed by atoms with Crippen LogP contribution in [0.25, 0.3) is 0 Å². The van der Waals surface area contributed by atoms with Gasteiger partial charge in [-0.25, -0.2) is 15.0 Å². The number of benzene rings is 1. The summed E-state index contributed by atoms with van der Waals surface area (Å²) in [5, 5.41) is 0.925. The van der Waals surface area contributed by atoms with Crippen LogP contribution in [0, 0.1) is 0 Å². The van der Waals surface area contributed by atoms with Crippen LogP contribution in [0.4, 0.5) is 0 Å². The highest BCUT2D eigenvalue weighted by Crippen LogP contribution is 2.25. The Kier molecular flexibility index (Phi) is 2.38. The quantitative estimate of drug-likeness (QED) is 0.725. The van der Waals surface area contributed by atoms with E-state index < -0.39 is 0 Å². The number of amidine groups is 1. The molecule has 1 aromatic rings. The molecule has 78 valence electrons. The molecule has 0 N–H and O–H groups in total. The van der Waals surface area contributed by atoms with Crippen molar-refractivity contribution in [2.45, 2.75) is 10.9 Å². The largest absolute Gasteiger partial charge is 0.255 e. The molecule has 0 amide bonds.